The molecule has 1 aromatic heterocycles. The normalized spacial score (nSPS) is 20.9. The number of alkyl carbamates (subject to hydrolysis) is 1. The van der Waals surface area contributed by atoms with Crippen molar-refractivity contribution < 1.29 is 9.53 Å². The number of aromatic nitrogens is 1. The van der Waals surface area contributed by atoms with Crippen molar-refractivity contribution in [1.82, 2.24) is 10.3 Å². The number of hydrogen-bond donors (Lipinski definition) is 1. The molecule has 2 unspecified atom stereocenters. The summed E-state index contributed by atoms with van der Waals surface area (Å²) in [6.45, 7) is 8.67. The number of carbonyl (C=O) groups is 1. The van der Waals surface area contributed by atoms with E-state index in [2.05, 4.69) is 22.1 Å². The Morgan fingerprint density at radius 2 is 2.12 bits per heavy atom. The van der Waals surface area contributed by atoms with Gasteiger partial charge in [-0.25, -0.2) is 4.79 Å². The van der Waals surface area contributed by atoms with Crippen LogP contribution in [0.2, 0.25) is 5.02 Å². The van der Waals surface area contributed by atoms with Gasteiger partial charge in [0, 0.05) is 40.9 Å². The molecule has 1 aliphatic rings. The van der Waals surface area contributed by atoms with Crippen LogP contribution in [0.1, 0.15) is 40.5 Å². The quantitative estimate of drug-likeness (QED) is 0.821. The minimum atomic E-state index is -0.479. The first-order valence-corrected chi connectivity index (χ1v) is 9.41. The molecule has 0 radical (unpaired) electrons. The highest BCUT2D eigenvalue weighted by molar-refractivity contribution is 6.31. The first kappa shape index (κ1) is 18.8. The molecule has 3 rings (SSSR count). The average Bonchev–Trinajstić information content (AvgIpc) is 2.52. The third-order valence-corrected chi connectivity index (χ3v) is 4.82. The molecule has 0 aliphatic carbocycles. The molecule has 1 amide bonds. The number of ether oxygens (including phenoxy) is 1. The minimum absolute atomic E-state index is 0.124. The average molecular weight is 376 g/mol. The predicted molar refractivity (Wildman–Crippen MR) is 106 cm³/mol. The third kappa shape index (κ3) is 4.39. The molecule has 0 spiro atoms. The largest absolute Gasteiger partial charge is 0.444 e. The van der Waals surface area contributed by atoms with Gasteiger partial charge in [-0.2, -0.15) is 0 Å². The number of pyridine rings is 1. The van der Waals surface area contributed by atoms with Crippen molar-refractivity contribution in [3.63, 3.8) is 0 Å². The second-order valence-corrected chi connectivity index (χ2v) is 8.34. The molecule has 6 heteroatoms. The van der Waals surface area contributed by atoms with E-state index in [1.54, 1.807) is 0 Å². The maximum Gasteiger partial charge on any atom is 0.407 e. The molecule has 2 aromatic rings. The Balaban J connectivity index is 1.71. The molecule has 1 aliphatic heterocycles. The molecule has 2 heterocycles. The van der Waals surface area contributed by atoms with Crippen LogP contribution in [0, 0.1) is 0 Å². The zero-order valence-electron chi connectivity index (χ0n) is 15.8. The summed E-state index contributed by atoms with van der Waals surface area (Å²) in [5.74, 6) is 0. The summed E-state index contributed by atoms with van der Waals surface area (Å²) >= 11 is 6.09. The van der Waals surface area contributed by atoms with Crippen molar-refractivity contribution in [2.45, 2.75) is 58.2 Å². The van der Waals surface area contributed by atoms with Crippen molar-refractivity contribution in [2.75, 3.05) is 11.4 Å². The molecule has 1 saturated heterocycles. The van der Waals surface area contributed by atoms with E-state index in [0.29, 0.717) is 11.1 Å². The summed E-state index contributed by atoms with van der Waals surface area (Å²) in [6, 6.07) is 8.29. The molecule has 140 valence electrons. The molecule has 1 N–H and O–H groups in total. The zero-order valence-corrected chi connectivity index (χ0v) is 16.5. The fourth-order valence-electron chi connectivity index (χ4n) is 3.49. The Labute approximate surface area is 159 Å². The van der Waals surface area contributed by atoms with Gasteiger partial charge in [-0.05, 0) is 64.8 Å². The molecule has 1 aromatic carbocycles. The van der Waals surface area contributed by atoms with Crippen LogP contribution in [0.5, 0.6) is 0 Å². The topological polar surface area (TPSA) is 54.5 Å². The number of fused-ring (bicyclic) bond motifs is 1. The Hall–Kier alpha value is -2.01. The summed E-state index contributed by atoms with van der Waals surface area (Å²) in [4.78, 5) is 18.8. The van der Waals surface area contributed by atoms with Gasteiger partial charge >= 0.3 is 6.09 Å². The number of carbonyl (C=O) groups excluding carboxylic acids is 1. The molecule has 1 fully saturated rings. The van der Waals surface area contributed by atoms with Crippen molar-refractivity contribution >= 4 is 34.3 Å². The minimum Gasteiger partial charge on any atom is -0.444 e. The van der Waals surface area contributed by atoms with Gasteiger partial charge in [0.1, 0.15) is 5.60 Å². The first-order valence-electron chi connectivity index (χ1n) is 9.03. The van der Waals surface area contributed by atoms with Crippen LogP contribution in [0.15, 0.2) is 30.5 Å². The molecule has 5 nitrogen and oxygen atoms in total. The van der Waals surface area contributed by atoms with Crippen molar-refractivity contribution in [2.24, 2.45) is 0 Å². The monoisotopic (exact) mass is 375 g/mol. The van der Waals surface area contributed by atoms with Crippen molar-refractivity contribution in [3.05, 3.63) is 35.5 Å². The first-order chi connectivity index (χ1) is 12.2. The number of nitrogens with zero attached hydrogens (tertiary/aromatic N) is 2. The highest BCUT2D eigenvalue weighted by Gasteiger charge is 2.28. The Morgan fingerprint density at radius 3 is 2.81 bits per heavy atom. The lowest BCUT2D eigenvalue weighted by Crippen LogP contribution is -2.49. The summed E-state index contributed by atoms with van der Waals surface area (Å²) in [7, 11) is 0. The van der Waals surface area contributed by atoms with Gasteiger partial charge in [0.15, 0.2) is 0 Å². The number of piperidine rings is 1. The van der Waals surface area contributed by atoms with E-state index in [9.17, 15) is 4.79 Å². The lowest BCUT2D eigenvalue weighted by Gasteiger charge is -2.40. The summed E-state index contributed by atoms with van der Waals surface area (Å²) in [5, 5.41) is 4.79. The molecule has 0 bridgehead atoms. The summed E-state index contributed by atoms with van der Waals surface area (Å²) in [5.41, 5.74) is 1.58. The highest BCUT2D eigenvalue weighted by atomic mass is 35.5. The Bertz CT molecular complexity index is 803. The summed E-state index contributed by atoms with van der Waals surface area (Å²) < 4.78 is 5.37. The number of nitrogens with one attached hydrogen (secondary N) is 1. The Morgan fingerprint density at radius 1 is 1.35 bits per heavy atom. The predicted octanol–water partition coefficient (Wildman–Crippen LogP) is 4.77. The fourth-order valence-corrected chi connectivity index (χ4v) is 3.66. The van der Waals surface area contributed by atoms with E-state index in [-0.39, 0.29) is 12.1 Å². The van der Waals surface area contributed by atoms with Crippen LogP contribution in [0.4, 0.5) is 10.5 Å². The number of hydrogen-bond acceptors (Lipinski definition) is 4. The van der Waals surface area contributed by atoms with Crippen LogP contribution in [0.25, 0.3) is 10.9 Å². The zero-order chi connectivity index (χ0) is 18.9. The molecular weight excluding hydrogens is 350 g/mol. The molecular formula is C20H26ClN3O2. The fraction of sp³-hybridized carbons (Fsp3) is 0.500. The van der Waals surface area contributed by atoms with E-state index in [4.69, 9.17) is 16.3 Å². The van der Waals surface area contributed by atoms with E-state index in [1.165, 1.54) is 0 Å². The van der Waals surface area contributed by atoms with E-state index < -0.39 is 5.60 Å². The van der Waals surface area contributed by atoms with Crippen molar-refractivity contribution in [1.29, 1.82) is 0 Å². The number of halogens is 1. The lowest BCUT2D eigenvalue weighted by atomic mass is 9.97. The number of amides is 1. The number of anilines is 1. The second-order valence-electron chi connectivity index (χ2n) is 7.90. The van der Waals surface area contributed by atoms with Gasteiger partial charge in [-0.1, -0.05) is 11.6 Å². The standard InChI is InChI=1S/C20H26ClN3O2/c1-13-11-15(23-19(25)26-20(2,3)4)8-10-24(13)18-7-9-22-17-12-14(21)5-6-16(17)18/h5-7,9,12-13,15H,8,10-11H2,1-4H3,(H,23,25). The number of rotatable bonds is 2. The van der Waals surface area contributed by atoms with Gasteiger partial charge in [-0.15, -0.1) is 0 Å². The molecule has 0 saturated carbocycles. The van der Waals surface area contributed by atoms with Crippen LogP contribution in [0.3, 0.4) is 0 Å². The highest BCUT2D eigenvalue weighted by Crippen LogP contribution is 2.32. The van der Waals surface area contributed by atoms with Gasteiger partial charge < -0.3 is 15.0 Å². The van der Waals surface area contributed by atoms with E-state index >= 15 is 0 Å². The van der Waals surface area contributed by atoms with Crippen molar-refractivity contribution in [3.8, 4) is 0 Å². The second kappa shape index (κ2) is 7.31. The van der Waals surface area contributed by atoms with Gasteiger partial charge in [0.05, 0.1) is 5.52 Å². The van der Waals surface area contributed by atoms with Crippen LogP contribution >= 0.6 is 11.6 Å². The lowest BCUT2D eigenvalue weighted by molar-refractivity contribution is 0.0494. The van der Waals surface area contributed by atoms with Crippen LogP contribution in [-0.4, -0.2) is 35.3 Å². The van der Waals surface area contributed by atoms with Gasteiger partial charge in [0.25, 0.3) is 0 Å². The SMILES string of the molecule is CC1CC(NC(=O)OC(C)(C)C)CCN1c1ccnc2cc(Cl)ccc12. The van der Waals surface area contributed by atoms with Gasteiger partial charge in [0.2, 0.25) is 0 Å². The molecule has 2 atom stereocenters. The van der Waals surface area contributed by atoms with E-state index in [0.717, 1.165) is 36.0 Å². The van der Waals surface area contributed by atoms with Gasteiger partial charge in [-0.3, -0.25) is 4.98 Å². The summed E-state index contributed by atoms with van der Waals surface area (Å²) in [6.07, 6.45) is 3.23. The smallest absolute Gasteiger partial charge is 0.407 e. The Kier molecular flexibility index (Phi) is 5.28. The third-order valence-electron chi connectivity index (χ3n) is 4.59. The molecule has 26 heavy (non-hydrogen) atoms. The maximum absolute atomic E-state index is 12.0. The number of benzene rings is 1. The van der Waals surface area contributed by atoms with E-state index in [1.807, 2.05) is 51.2 Å². The van der Waals surface area contributed by atoms with Crippen LogP contribution in [-0.2, 0) is 4.74 Å². The maximum atomic E-state index is 12.0. The van der Waals surface area contributed by atoms with Crippen LogP contribution < -0.4 is 10.2 Å².